The van der Waals surface area contributed by atoms with Crippen molar-refractivity contribution >= 4 is 27.3 Å². The summed E-state index contributed by atoms with van der Waals surface area (Å²) < 4.78 is 26.0. The summed E-state index contributed by atoms with van der Waals surface area (Å²) in [5.74, 6) is -1.11. The SMILES string of the molecule is CN(CCN1CCCC1)S(=O)(=O)c1cc(C(=O)O)cs1. The molecule has 0 aromatic carbocycles. The molecule has 0 radical (unpaired) electrons. The molecule has 1 fully saturated rings. The Labute approximate surface area is 122 Å². The van der Waals surface area contributed by atoms with Gasteiger partial charge in [0.15, 0.2) is 0 Å². The van der Waals surface area contributed by atoms with Crippen molar-refractivity contribution in [1.29, 1.82) is 0 Å². The summed E-state index contributed by atoms with van der Waals surface area (Å²) in [6.45, 7) is 3.18. The topological polar surface area (TPSA) is 77.9 Å². The van der Waals surface area contributed by atoms with Crippen LogP contribution in [0.3, 0.4) is 0 Å². The predicted molar refractivity (Wildman–Crippen MR) is 76.8 cm³/mol. The van der Waals surface area contributed by atoms with Crippen molar-refractivity contribution < 1.29 is 18.3 Å². The van der Waals surface area contributed by atoms with E-state index in [1.165, 1.54) is 35.6 Å². The number of rotatable bonds is 6. The molecule has 1 aromatic rings. The number of carboxylic acids is 1. The molecule has 0 unspecified atom stereocenters. The van der Waals surface area contributed by atoms with E-state index >= 15 is 0 Å². The zero-order chi connectivity index (χ0) is 14.8. The lowest BCUT2D eigenvalue weighted by Crippen LogP contribution is -2.34. The molecule has 0 amide bonds. The average molecular weight is 318 g/mol. The highest BCUT2D eigenvalue weighted by Gasteiger charge is 2.24. The predicted octanol–water partition coefficient (Wildman–Crippen LogP) is 1.16. The van der Waals surface area contributed by atoms with Crippen molar-refractivity contribution in [3.63, 3.8) is 0 Å². The van der Waals surface area contributed by atoms with Crippen LogP contribution in [0.4, 0.5) is 0 Å². The van der Waals surface area contributed by atoms with Crippen molar-refractivity contribution in [1.82, 2.24) is 9.21 Å². The first kappa shape index (κ1) is 15.4. The molecular weight excluding hydrogens is 300 g/mol. The molecule has 1 N–H and O–H groups in total. The third-order valence-electron chi connectivity index (χ3n) is 3.42. The van der Waals surface area contributed by atoms with Crippen molar-refractivity contribution in [2.45, 2.75) is 17.1 Å². The fourth-order valence-corrected chi connectivity index (χ4v) is 4.65. The molecule has 20 heavy (non-hydrogen) atoms. The lowest BCUT2D eigenvalue weighted by atomic mass is 10.4. The zero-order valence-electron chi connectivity index (χ0n) is 11.3. The Kier molecular flexibility index (Phi) is 4.79. The van der Waals surface area contributed by atoms with Crippen molar-refractivity contribution in [2.75, 3.05) is 33.2 Å². The first-order valence-corrected chi connectivity index (χ1v) is 8.74. The van der Waals surface area contributed by atoms with Gasteiger partial charge in [0.25, 0.3) is 10.0 Å². The molecule has 112 valence electrons. The molecule has 1 saturated heterocycles. The van der Waals surface area contributed by atoms with Gasteiger partial charge in [-0.1, -0.05) is 0 Å². The maximum atomic E-state index is 12.3. The van der Waals surface area contributed by atoms with E-state index in [4.69, 9.17) is 5.11 Å². The van der Waals surface area contributed by atoms with Gasteiger partial charge in [-0.25, -0.2) is 13.2 Å². The molecule has 0 bridgehead atoms. The second kappa shape index (κ2) is 6.21. The van der Waals surface area contributed by atoms with Crippen molar-refractivity contribution in [3.05, 3.63) is 17.0 Å². The first-order valence-electron chi connectivity index (χ1n) is 6.42. The van der Waals surface area contributed by atoms with Gasteiger partial charge in [-0.3, -0.25) is 0 Å². The molecule has 0 spiro atoms. The Morgan fingerprint density at radius 2 is 2.10 bits per heavy atom. The van der Waals surface area contributed by atoms with E-state index in [1.54, 1.807) is 0 Å². The number of likely N-dealkylation sites (N-methyl/N-ethyl adjacent to an activating group) is 1. The normalized spacial score (nSPS) is 16.9. The van der Waals surface area contributed by atoms with Crippen LogP contribution in [0.15, 0.2) is 15.7 Å². The van der Waals surface area contributed by atoms with Crippen LogP contribution in [-0.4, -0.2) is 61.9 Å². The van der Waals surface area contributed by atoms with Gasteiger partial charge in [0.05, 0.1) is 5.56 Å². The van der Waals surface area contributed by atoms with E-state index in [0.29, 0.717) is 13.1 Å². The molecule has 0 atom stereocenters. The number of hydrogen-bond acceptors (Lipinski definition) is 5. The minimum absolute atomic E-state index is 0.0153. The number of nitrogens with zero attached hydrogens (tertiary/aromatic N) is 2. The van der Waals surface area contributed by atoms with E-state index in [2.05, 4.69) is 4.90 Å². The minimum Gasteiger partial charge on any atom is -0.478 e. The summed E-state index contributed by atoms with van der Waals surface area (Å²) in [7, 11) is -2.05. The lowest BCUT2D eigenvalue weighted by Gasteiger charge is -2.20. The van der Waals surface area contributed by atoms with Gasteiger partial charge < -0.3 is 10.0 Å². The highest BCUT2D eigenvalue weighted by molar-refractivity contribution is 7.91. The standard InChI is InChI=1S/C12H18N2O4S2/c1-13(6-7-14-4-2-3-5-14)20(17,18)11-8-10(9-19-11)12(15)16/h8-9H,2-7H2,1H3,(H,15,16). The van der Waals surface area contributed by atoms with Gasteiger partial charge >= 0.3 is 5.97 Å². The lowest BCUT2D eigenvalue weighted by molar-refractivity contribution is 0.0697. The Morgan fingerprint density at radius 1 is 1.45 bits per heavy atom. The van der Waals surface area contributed by atoms with Crippen LogP contribution in [0.1, 0.15) is 23.2 Å². The number of hydrogen-bond donors (Lipinski definition) is 1. The van der Waals surface area contributed by atoms with Gasteiger partial charge in [0.2, 0.25) is 0 Å². The number of aromatic carboxylic acids is 1. The molecule has 0 aliphatic carbocycles. The fourth-order valence-electron chi connectivity index (χ4n) is 2.13. The van der Waals surface area contributed by atoms with Crippen LogP contribution in [0, 0.1) is 0 Å². The second-order valence-corrected chi connectivity index (χ2v) is 8.02. The molecule has 1 aliphatic heterocycles. The van der Waals surface area contributed by atoms with E-state index in [1.807, 2.05) is 0 Å². The summed E-state index contributed by atoms with van der Waals surface area (Å²) in [4.78, 5) is 13.0. The quantitative estimate of drug-likeness (QED) is 0.851. The van der Waals surface area contributed by atoms with Crippen molar-refractivity contribution in [2.24, 2.45) is 0 Å². The Hall–Kier alpha value is -0.960. The number of carboxylic acid groups (broad SMARTS) is 1. The van der Waals surface area contributed by atoms with Gasteiger partial charge in [0.1, 0.15) is 4.21 Å². The molecule has 6 nitrogen and oxygen atoms in total. The summed E-state index contributed by atoms with van der Waals surface area (Å²) in [5, 5.41) is 10.2. The van der Waals surface area contributed by atoms with Gasteiger partial charge in [-0.05, 0) is 32.0 Å². The number of sulfonamides is 1. The van der Waals surface area contributed by atoms with Gasteiger partial charge in [-0.2, -0.15) is 4.31 Å². The summed E-state index contributed by atoms with van der Waals surface area (Å²) >= 11 is 0.947. The van der Waals surface area contributed by atoms with E-state index in [0.717, 1.165) is 24.4 Å². The molecule has 1 aliphatic rings. The van der Waals surface area contributed by atoms with Crippen LogP contribution in [0.5, 0.6) is 0 Å². The third-order valence-corrected chi connectivity index (χ3v) is 6.69. The fraction of sp³-hybridized carbons (Fsp3) is 0.583. The smallest absolute Gasteiger partial charge is 0.336 e. The van der Waals surface area contributed by atoms with E-state index in [-0.39, 0.29) is 9.77 Å². The Morgan fingerprint density at radius 3 is 2.65 bits per heavy atom. The molecule has 2 heterocycles. The summed E-state index contributed by atoms with van der Waals surface area (Å²) in [5.41, 5.74) is 0.0153. The second-order valence-electron chi connectivity index (χ2n) is 4.83. The maximum absolute atomic E-state index is 12.3. The highest BCUT2D eigenvalue weighted by atomic mass is 32.2. The monoisotopic (exact) mass is 318 g/mol. The zero-order valence-corrected chi connectivity index (χ0v) is 12.9. The van der Waals surface area contributed by atoms with Gasteiger partial charge in [0, 0.05) is 25.5 Å². The first-order chi connectivity index (χ1) is 9.41. The van der Waals surface area contributed by atoms with Gasteiger partial charge in [-0.15, -0.1) is 11.3 Å². The van der Waals surface area contributed by atoms with Crippen LogP contribution in [-0.2, 0) is 10.0 Å². The molecule has 0 saturated carbocycles. The third kappa shape index (κ3) is 3.38. The number of thiophene rings is 1. The van der Waals surface area contributed by atoms with E-state index in [9.17, 15) is 13.2 Å². The summed E-state index contributed by atoms with van der Waals surface area (Å²) in [6, 6.07) is 1.22. The Bertz CT molecular complexity index is 576. The van der Waals surface area contributed by atoms with Crippen LogP contribution in [0.2, 0.25) is 0 Å². The van der Waals surface area contributed by atoms with Crippen molar-refractivity contribution in [3.8, 4) is 0 Å². The average Bonchev–Trinajstić information content (AvgIpc) is 3.06. The maximum Gasteiger partial charge on any atom is 0.336 e. The van der Waals surface area contributed by atoms with Crippen LogP contribution < -0.4 is 0 Å². The summed E-state index contributed by atoms with van der Waals surface area (Å²) in [6.07, 6.45) is 2.34. The van der Waals surface area contributed by atoms with Crippen LogP contribution >= 0.6 is 11.3 Å². The minimum atomic E-state index is -3.58. The molecular formula is C12H18N2O4S2. The molecule has 8 heteroatoms. The van der Waals surface area contributed by atoms with Crippen LogP contribution in [0.25, 0.3) is 0 Å². The number of carbonyl (C=O) groups is 1. The largest absolute Gasteiger partial charge is 0.478 e. The molecule has 1 aromatic heterocycles. The Balaban J connectivity index is 2.02. The van der Waals surface area contributed by atoms with E-state index < -0.39 is 16.0 Å². The number of likely N-dealkylation sites (tertiary alicyclic amines) is 1. The molecule has 2 rings (SSSR count). The highest BCUT2D eigenvalue weighted by Crippen LogP contribution is 2.23.